The van der Waals surface area contributed by atoms with E-state index in [1.165, 1.54) is 0 Å². The fourth-order valence-electron chi connectivity index (χ4n) is 1.84. The number of anilines is 1. The molecular weight excluding hydrogens is 297 g/mol. The average molecular weight is 318 g/mol. The Balaban J connectivity index is 2.99. The van der Waals surface area contributed by atoms with Crippen molar-refractivity contribution in [3.05, 3.63) is 27.7 Å². The van der Waals surface area contributed by atoms with E-state index in [1.807, 2.05) is 25.9 Å². The second-order valence-electron chi connectivity index (χ2n) is 4.96. The van der Waals surface area contributed by atoms with Crippen LogP contribution in [0.25, 0.3) is 0 Å². The summed E-state index contributed by atoms with van der Waals surface area (Å²) >= 11 is 12.1. The average Bonchev–Trinajstić information content (AvgIpc) is 2.37. The van der Waals surface area contributed by atoms with Gasteiger partial charge in [-0.1, -0.05) is 30.1 Å². The number of hydrogen-bond acceptors (Lipinski definition) is 3. The van der Waals surface area contributed by atoms with Gasteiger partial charge in [0.25, 0.3) is 5.91 Å². The molecular formula is C14H21Cl2N3O. The standard InChI is InChI=1S/C14H21Cl2N3O/c1-4-5-19(7-6-18(2)3)14(20)11-8-10(17)9-12(15)13(11)16/h8-9H,4-7,17H2,1-3H3. The van der Waals surface area contributed by atoms with Crippen LogP contribution in [0.15, 0.2) is 12.1 Å². The van der Waals surface area contributed by atoms with Crippen molar-refractivity contribution in [2.24, 2.45) is 0 Å². The summed E-state index contributed by atoms with van der Waals surface area (Å²) < 4.78 is 0. The molecule has 1 aromatic rings. The number of amides is 1. The molecule has 0 aliphatic heterocycles. The smallest absolute Gasteiger partial charge is 0.255 e. The Morgan fingerprint density at radius 2 is 1.85 bits per heavy atom. The maximum Gasteiger partial charge on any atom is 0.255 e. The third kappa shape index (κ3) is 4.54. The number of carbonyl (C=O) groups excluding carboxylic acids is 1. The molecule has 1 rings (SSSR count). The third-order valence-electron chi connectivity index (χ3n) is 2.88. The van der Waals surface area contributed by atoms with E-state index in [-0.39, 0.29) is 10.9 Å². The minimum absolute atomic E-state index is 0.132. The predicted molar refractivity (Wildman–Crippen MR) is 85.6 cm³/mol. The fraction of sp³-hybridized carbons (Fsp3) is 0.500. The molecule has 0 bridgehead atoms. The molecule has 0 aromatic heterocycles. The molecule has 0 radical (unpaired) electrons. The number of rotatable bonds is 6. The van der Waals surface area contributed by atoms with Crippen molar-refractivity contribution in [2.45, 2.75) is 13.3 Å². The van der Waals surface area contributed by atoms with Crippen LogP contribution < -0.4 is 5.73 Å². The van der Waals surface area contributed by atoms with Gasteiger partial charge in [-0.3, -0.25) is 4.79 Å². The van der Waals surface area contributed by atoms with E-state index < -0.39 is 0 Å². The van der Waals surface area contributed by atoms with Crippen LogP contribution in [0.4, 0.5) is 5.69 Å². The SMILES string of the molecule is CCCN(CCN(C)C)C(=O)c1cc(N)cc(Cl)c1Cl. The normalized spacial score (nSPS) is 10.9. The van der Waals surface area contributed by atoms with Crippen LogP contribution in [0.1, 0.15) is 23.7 Å². The lowest BCUT2D eigenvalue weighted by atomic mass is 10.1. The zero-order valence-corrected chi connectivity index (χ0v) is 13.6. The minimum Gasteiger partial charge on any atom is -0.399 e. The molecule has 6 heteroatoms. The van der Waals surface area contributed by atoms with Gasteiger partial charge >= 0.3 is 0 Å². The quantitative estimate of drug-likeness (QED) is 0.820. The van der Waals surface area contributed by atoms with Gasteiger partial charge in [0.15, 0.2) is 0 Å². The Labute approximate surface area is 130 Å². The van der Waals surface area contributed by atoms with Crippen LogP contribution >= 0.6 is 23.2 Å². The number of likely N-dealkylation sites (N-methyl/N-ethyl adjacent to an activating group) is 1. The van der Waals surface area contributed by atoms with E-state index in [1.54, 1.807) is 17.0 Å². The number of nitrogens with zero attached hydrogens (tertiary/aromatic N) is 2. The topological polar surface area (TPSA) is 49.6 Å². The number of nitrogen functional groups attached to an aromatic ring is 1. The van der Waals surface area contributed by atoms with Crippen molar-refractivity contribution in [3.8, 4) is 0 Å². The fourth-order valence-corrected chi connectivity index (χ4v) is 2.26. The highest BCUT2D eigenvalue weighted by Gasteiger charge is 2.20. The summed E-state index contributed by atoms with van der Waals surface area (Å²) in [7, 11) is 3.94. The number of halogens is 2. The van der Waals surface area contributed by atoms with Crippen molar-refractivity contribution >= 4 is 34.8 Å². The summed E-state index contributed by atoms with van der Waals surface area (Å²) in [6.45, 7) is 4.14. The second kappa shape index (κ2) is 7.72. The van der Waals surface area contributed by atoms with Gasteiger partial charge in [0.1, 0.15) is 0 Å². The molecule has 0 spiro atoms. The van der Waals surface area contributed by atoms with Crippen molar-refractivity contribution in [3.63, 3.8) is 0 Å². The van der Waals surface area contributed by atoms with Gasteiger partial charge in [-0.15, -0.1) is 0 Å². The number of carbonyl (C=O) groups is 1. The van der Waals surface area contributed by atoms with Crippen molar-refractivity contribution in [1.29, 1.82) is 0 Å². The Bertz CT molecular complexity index is 478. The van der Waals surface area contributed by atoms with E-state index >= 15 is 0 Å². The maximum atomic E-state index is 12.6. The molecule has 0 unspecified atom stereocenters. The van der Waals surface area contributed by atoms with Gasteiger partial charge in [-0.25, -0.2) is 0 Å². The van der Waals surface area contributed by atoms with Gasteiger partial charge in [-0.2, -0.15) is 0 Å². The van der Waals surface area contributed by atoms with Crippen LogP contribution in [0.2, 0.25) is 10.0 Å². The monoisotopic (exact) mass is 317 g/mol. The van der Waals surface area contributed by atoms with Gasteiger partial charge in [0, 0.05) is 25.3 Å². The van der Waals surface area contributed by atoms with Gasteiger partial charge < -0.3 is 15.5 Å². The Kier molecular flexibility index (Phi) is 6.59. The highest BCUT2D eigenvalue weighted by atomic mass is 35.5. The van der Waals surface area contributed by atoms with Crippen molar-refractivity contribution < 1.29 is 4.79 Å². The molecule has 0 saturated carbocycles. The van der Waals surface area contributed by atoms with Crippen LogP contribution in [0.3, 0.4) is 0 Å². The molecule has 2 N–H and O–H groups in total. The molecule has 4 nitrogen and oxygen atoms in total. The summed E-state index contributed by atoms with van der Waals surface area (Å²) in [5.74, 6) is -0.132. The largest absolute Gasteiger partial charge is 0.399 e. The maximum absolute atomic E-state index is 12.6. The third-order valence-corrected chi connectivity index (χ3v) is 3.68. The predicted octanol–water partition coefficient (Wildman–Crippen LogP) is 2.99. The first-order chi connectivity index (χ1) is 9.36. The first-order valence-electron chi connectivity index (χ1n) is 6.55. The highest BCUT2D eigenvalue weighted by molar-refractivity contribution is 6.44. The van der Waals surface area contributed by atoms with Crippen LogP contribution in [-0.4, -0.2) is 49.4 Å². The molecule has 0 atom stereocenters. The van der Waals surface area contributed by atoms with Crippen LogP contribution in [0, 0.1) is 0 Å². The molecule has 0 fully saturated rings. The van der Waals surface area contributed by atoms with E-state index in [9.17, 15) is 4.79 Å². The zero-order valence-electron chi connectivity index (χ0n) is 12.1. The molecule has 20 heavy (non-hydrogen) atoms. The van der Waals surface area contributed by atoms with Crippen LogP contribution in [0.5, 0.6) is 0 Å². The summed E-state index contributed by atoms with van der Waals surface area (Å²) in [6.07, 6.45) is 0.882. The zero-order chi connectivity index (χ0) is 15.3. The molecule has 0 aliphatic rings. The van der Waals surface area contributed by atoms with Crippen molar-refractivity contribution in [2.75, 3.05) is 39.5 Å². The lowest BCUT2D eigenvalue weighted by molar-refractivity contribution is 0.0745. The highest BCUT2D eigenvalue weighted by Crippen LogP contribution is 2.29. The Morgan fingerprint density at radius 3 is 2.40 bits per heavy atom. The molecule has 0 heterocycles. The lowest BCUT2D eigenvalue weighted by Crippen LogP contribution is -2.37. The summed E-state index contributed by atoms with van der Waals surface area (Å²) in [5.41, 5.74) is 6.54. The molecule has 0 saturated heterocycles. The van der Waals surface area contributed by atoms with Crippen LogP contribution in [-0.2, 0) is 0 Å². The first-order valence-corrected chi connectivity index (χ1v) is 7.31. The van der Waals surface area contributed by atoms with E-state index in [0.717, 1.165) is 13.0 Å². The first kappa shape index (κ1) is 17.1. The van der Waals surface area contributed by atoms with Gasteiger partial charge in [0.05, 0.1) is 15.6 Å². The van der Waals surface area contributed by atoms with E-state index in [4.69, 9.17) is 28.9 Å². The van der Waals surface area contributed by atoms with Crippen molar-refractivity contribution in [1.82, 2.24) is 9.80 Å². The summed E-state index contributed by atoms with van der Waals surface area (Å²) in [4.78, 5) is 16.4. The van der Waals surface area contributed by atoms with Gasteiger partial charge in [-0.05, 0) is 32.6 Å². The van der Waals surface area contributed by atoms with E-state index in [0.29, 0.717) is 29.4 Å². The Morgan fingerprint density at radius 1 is 1.20 bits per heavy atom. The minimum atomic E-state index is -0.132. The number of benzene rings is 1. The molecule has 112 valence electrons. The molecule has 1 aromatic carbocycles. The van der Waals surface area contributed by atoms with Gasteiger partial charge in [0.2, 0.25) is 0 Å². The van der Waals surface area contributed by atoms with E-state index in [2.05, 4.69) is 0 Å². The number of nitrogens with two attached hydrogens (primary N) is 1. The summed E-state index contributed by atoms with van der Waals surface area (Å²) in [5, 5.41) is 0.566. The second-order valence-corrected chi connectivity index (χ2v) is 5.74. The number of hydrogen-bond donors (Lipinski definition) is 1. The lowest BCUT2D eigenvalue weighted by Gasteiger charge is -2.24. The summed E-state index contributed by atoms with van der Waals surface area (Å²) in [6, 6.07) is 3.12. The molecule has 0 aliphatic carbocycles. The molecule has 1 amide bonds. The Hall–Kier alpha value is -0.970.